The van der Waals surface area contributed by atoms with E-state index >= 15 is 0 Å². The lowest BCUT2D eigenvalue weighted by Gasteiger charge is -2.17. The Labute approximate surface area is 125 Å². The number of anilines is 1. The summed E-state index contributed by atoms with van der Waals surface area (Å²) in [5, 5.41) is 0. The maximum atomic E-state index is 13.7. The van der Waals surface area contributed by atoms with E-state index in [9.17, 15) is 9.18 Å². The fourth-order valence-corrected chi connectivity index (χ4v) is 2.94. The van der Waals surface area contributed by atoms with Crippen LogP contribution in [0.15, 0.2) is 46.9 Å². The Balaban J connectivity index is 1.83. The molecule has 20 heavy (non-hydrogen) atoms. The van der Waals surface area contributed by atoms with Gasteiger partial charge >= 0.3 is 0 Å². The van der Waals surface area contributed by atoms with Crippen LogP contribution in [-0.2, 0) is 17.6 Å². The fraction of sp³-hybridized carbons (Fsp3) is 0.188. The van der Waals surface area contributed by atoms with Crippen LogP contribution in [0.25, 0.3) is 0 Å². The quantitative estimate of drug-likeness (QED) is 0.820. The Kier molecular flexibility index (Phi) is 3.57. The maximum Gasteiger partial charge on any atom is 0.231 e. The van der Waals surface area contributed by atoms with Crippen molar-refractivity contribution in [3.05, 3.63) is 63.9 Å². The molecule has 0 radical (unpaired) electrons. The number of halogens is 2. The maximum absolute atomic E-state index is 13.7. The van der Waals surface area contributed by atoms with Crippen molar-refractivity contribution < 1.29 is 9.18 Å². The number of fused-ring (bicyclic) bond motifs is 1. The highest BCUT2D eigenvalue weighted by Crippen LogP contribution is 2.28. The second-order valence-corrected chi connectivity index (χ2v) is 5.75. The lowest BCUT2D eigenvalue weighted by Crippen LogP contribution is -2.30. The molecule has 0 fully saturated rings. The summed E-state index contributed by atoms with van der Waals surface area (Å²) in [4.78, 5) is 14.1. The van der Waals surface area contributed by atoms with Crippen LogP contribution < -0.4 is 4.90 Å². The first-order chi connectivity index (χ1) is 9.65. The van der Waals surface area contributed by atoms with Crippen molar-refractivity contribution in [2.45, 2.75) is 12.8 Å². The highest BCUT2D eigenvalue weighted by molar-refractivity contribution is 9.10. The van der Waals surface area contributed by atoms with Crippen LogP contribution in [-0.4, -0.2) is 12.5 Å². The lowest BCUT2D eigenvalue weighted by atomic mass is 10.1. The van der Waals surface area contributed by atoms with E-state index in [0.29, 0.717) is 12.1 Å². The van der Waals surface area contributed by atoms with Gasteiger partial charge in [-0.2, -0.15) is 0 Å². The molecule has 4 heteroatoms. The Hall–Kier alpha value is -1.68. The average molecular weight is 334 g/mol. The van der Waals surface area contributed by atoms with Gasteiger partial charge in [0.1, 0.15) is 5.82 Å². The topological polar surface area (TPSA) is 20.3 Å². The molecular weight excluding hydrogens is 321 g/mol. The van der Waals surface area contributed by atoms with E-state index in [-0.39, 0.29) is 18.1 Å². The summed E-state index contributed by atoms with van der Waals surface area (Å²) in [6.45, 7) is 0.674. The highest BCUT2D eigenvalue weighted by Gasteiger charge is 2.24. The Morgan fingerprint density at radius 2 is 2.05 bits per heavy atom. The van der Waals surface area contributed by atoms with Gasteiger partial charge in [0.15, 0.2) is 0 Å². The zero-order valence-corrected chi connectivity index (χ0v) is 12.4. The van der Waals surface area contributed by atoms with Gasteiger partial charge in [-0.05, 0) is 41.8 Å². The van der Waals surface area contributed by atoms with Crippen molar-refractivity contribution >= 4 is 27.5 Å². The zero-order chi connectivity index (χ0) is 14.1. The standard InChI is InChI=1S/C16H13BrFNO/c17-13-5-6-14(18)12(9-13)10-16(20)19-8-7-11-3-1-2-4-15(11)19/h1-6,9H,7-8,10H2. The summed E-state index contributed by atoms with van der Waals surface area (Å²) in [6.07, 6.45) is 0.947. The molecule has 0 spiro atoms. The monoisotopic (exact) mass is 333 g/mol. The van der Waals surface area contributed by atoms with Gasteiger partial charge in [0.05, 0.1) is 6.42 Å². The number of hydrogen-bond acceptors (Lipinski definition) is 1. The van der Waals surface area contributed by atoms with Crippen LogP contribution in [0.4, 0.5) is 10.1 Å². The second kappa shape index (κ2) is 5.37. The van der Waals surface area contributed by atoms with Gasteiger partial charge in [0.2, 0.25) is 5.91 Å². The van der Waals surface area contributed by atoms with E-state index < -0.39 is 0 Å². The van der Waals surface area contributed by atoms with Gasteiger partial charge in [-0.25, -0.2) is 4.39 Å². The number of nitrogens with zero attached hydrogens (tertiary/aromatic N) is 1. The molecule has 0 atom stereocenters. The van der Waals surface area contributed by atoms with E-state index in [0.717, 1.165) is 16.6 Å². The number of carbonyl (C=O) groups is 1. The minimum atomic E-state index is -0.339. The molecule has 2 nitrogen and oxygen atoms in total. The molecule has 0 N–H and O–H groups in total. The molecule has 0 aliphatic carbocycles. The first-order valence-electron chi connectivity index (χ1n) is 6.47. The van der Waals surface area contributed by atoms with E-state index in [2.05, 4.69) is 15.9 Å². The Morgan fingerprint density at radius 1 is 1.25 bits per heavy atom. The molecule has 2 aromatic carbocycles. The summed E-state index contributed by atoms with van der Waals surface area (Å²) >= 11 is 3.30. The normalized spacial score (nSPS) is 13.4. The molecule has 2 aromatic rings. The summed E-state index contributed by atoms with van der Waals surface area (Å²) in [5.41, 5.74) is 2.55. The largest absolute Gasteiger partial charge is 0.312 e. The summed E-state index contributed by atoms with van der Waals surface area (Å²) in [6, 6.07) is 12.5. The summed E-state index contributed by atoms with van der Waals surface area (Å²) in [7, 11) is 0. The molecule has 3 rings (SSSR count). The minimum Gasteiger partial charge on any atom is -0.312 e. The summed E-state index contributed by atoms with van der Waals surface area (Å²) < 4.78 is 14.5. The van der Waals surface area contributed by atoms with Crippen LogP contribution in [0.5, 0.6) is 0 Å². The van der Waals surface area contributed by atoms with Gasteiger partial charge in [-0.1, -0.05) is 34.1 Å². The van der Waals surface area contributed by atoms with Gasteiger partial charge < -0.3 is 4.90 Å². The number of rotatable bonds is 2. The van der Waals surface area contributed by atoms with E-state index in [1.165, 1.54) is 11.6 Å². The second-order valence-electron chi connectivity index (χ2n) is 4.84. The third-order valence-corrected chi connectivity index (χ3v) is 4.03. The van der Waals surface area contributed by atoms with Crippen molar-refractivity contribution in [2.75, 3.05) is 11.4 Å². The fourth-order valence-electron chi connectivity index (χ4n) is 2.53. The van der Waals surface area contributed by atoms with E-state index in [4.69, 9.17) is 0 Å². The SMILES string of the molecule is O=C(Cc1cc(Br)ccc1F)N1CCc2ccccc21. The van der Waals surface area contributed by atoms with Crippen molar-refractivity contribution in [2.24, 2.45) is 0 Å². The molecule has 0 saturated heterocycles. The molecule has 1 aliphatic rings. The van der Waals surface area contributed by atoms with Crippen molar-refractivity contribution in [1.82, 2.24) is 0 Å². The highest BCUT2D eigenvalue weighted by atomic mass is 79.9. The van der Waals surface area contributed by atoms with E-state index in [1.54, 1.807) is 17.0 Å². The number of carbonyl (C=O) groups excluding carboxylic acids is 1. The van der Waals surface area contributed by atoms with Crippen LogP contribution in [0, 0.1) is 5.82 Å². The molecule has 0 unspecified atom stereocenters. The number of amides is 1. The van der Waals surface area contributed by atoms with Crippen LogP contribution >= 0.6 is 15.9 Å². The Morgan fingerprint density at radius 3 is 2.90 bits per heavy atom. The van der Waals surface area contributed by atoms with Crippen molar-refractivity contribution in [3.63, 3.8) is 0 Å². The smallest absolute Gasteiger partial charge is 0.231 e. The van der Waals surface area contributed by atoms with Gasteiger partial charge in [-0.3, -0.25) is 4.79 Å². The number of benzene rings is 2. The summed E-state index contributed by atoms with van der Waals surface area (Å²) in [5.74, 6) is -0.402. The zero-order valence-electron chi connectivity index (χ0n) is 10.8. The first kappa shape index (κ1) is 13.3. The van der Waals surface area contributed by atoms with Gasteiger partial charge in [0, 0.05) is 16.7 Å². The minimum absolute atomic E-state index is 0.0630. The molecular formula is C16H13BrFNO. The van der Waals surface area contributed by atoms with E-state index in [1.807, 2.05) is 24.3 Å². The third-order valence-electron chi connectivity index (χ3n) is 3.54. The predicted molar refractivity (Wildman–Crippen MR) is 80.3 cm³/mol. The van der Waals surface area contributed by atoms with Crippen LogP contribution in [0.2, 0.25) is 0 Å². The first-order valence-corrected chi connectivity index (χ1v) is 7.26. The van der Waals surface area contributed by atoms with Crippen molar-refractivity contribution in [3.8, 4) is 0 Å². The molecule has 0 bridgehead atoms. The molecule has 1 amide bonds. The Bertz CT molecular complexity index is 671. The molecule has 0 aromatic heterocycles. The average Bonchev–Trinajstić information content (AvgIpc) is 2.87. The molecule has 1 heterocycles. The van der Waals surface area contributed by atoms with Gasteiger partial charge in [-0.15, -0.1) is 0 Å². The molecule has 1 aliphatic heterocycles. The molecule has 102 valence electrons. The number of para-hydroxylation sites is 1. The number of hydrogen-bond donors (Lipinski definition) is 0. The van der Waals surface area contributed by atoms with Crippen LogP contribution in [0.1, 0.15) is 11.1 Å². The van der Waals surface area contributed by atoms with Gasteiger partial charge in [0.25, 0.3) is 0 Å². The third kappa shape index (κ3) is 2.48. The predicted octanol–water partition coefficient (Wildman–Crippen LogP) is 3.72. The van der Waals surface area contributed by atoms with Crippen molar-refractivity contribution in [1.29, 1.82) is 0 Å². The molecule has 0 saturated carbocycles. The van der Waals surface area contributed by atoms with Crippen LogP contribution in [0.3, 0.4) is 0 Å². The lowest BCUT2D eigenvalue weighted by molar-refractivity contribution is -0.117.